The summed E-state index contributed by atoms with van der Waals surface area (Å²) in [6.07, 6.45) is 0. The minimum absolute atomic E-state index is 0.195. The van der Waals surface area contributed by atoms with Crippen LogP contribution in [0.2, 0.25) is 0 Å². The molecule has 2 rings (SSSR count). The molecule has 0 spiro atoms. The predicted molar refractivity (Wildman–Crippen MR) is 65.8 cm³/mol. The fourth-order valence-corrected chi connectivity index (χ4v) is 1.55. The number of hydrogen-bond acceptors (Lipinski definition) is 3. The topological polar surface area (TPSA) is 49.7 Å². The number of ether oxygens (including phenoxy) is 1. The van der Waals surface area contributed by atoms with E-state index in [9.17, 15) is 10.2 Å². The maximum atomic E-state index is 9.57. The summed E-state index contributed by atoms with van der Waals surface area (Å²) in [6.45, 7) is 3.56. The number of hydrogen-bond donors (Lipinski definition) is 2. The zero-order valence-corrected chi connectivity index (χ0v) is 9.77. The van der Waals surface area contributed by atoms with Crippen molar-refractivity contribution in [1.82, 2.24) is 0 Å². The van der Waals surface area contributed by atoms with Crippen molar-refractivity contribution < 1.29 is 14.9 Å². The molecule has 0 aliphatic heterocycles. The van der Waals surface area contributed by atoms with Crippen LogP contribution in [0.3, 0.4) is 0 Å². The molecule has 0 aliphatic carbocycles. The Bertz CT molecular complexity index is 498. The van der Waals surface area contributed by atoms with Gasteiger partial charge in [-0.1, -0.05) is 12.1 Å². The highest BCUT2D eigenvalue weighted by atomic mass is 16.5. The van der Waals surface area contributed by atoms with Gasteiger partial charge in [-0.05, 0) is 38.1 Å². The van der Waals surface area contributed by atoms with Crippen molar-refractivity contribution in [1.29, 1.82) is 0 Å². The molecule has 2 aromatic carbocycles. The van der Waals surface area contributed by atoms with Crippen LogP contribution in [0.5, 0.6) is 23.0 Å². The van der Waals surface area contributed by atoms with Gasteiger partial charge in [-0.15, -0.1) is 0 Å². The van der Waals surface area contributed by atoms with Gasteiger partial charge in [0, 0.05) is 11.1 Å². The molecular formula is C14H14O3. The zero-order chi connectivity index (χ0) is 12.4. The Balaban J connectivity index is 2.38. The van der Waals surface area contributed by atoms with Crippen molar-refractivity contribution in [3.05, 3.63) is 47.5 Å². The summed E-state index contributed by atoms with van der Waals surface area (Å²) in [4.78, 5) is 0. The average molecular weight is 230 g/mol. The van der Waals surface area contributed by atoms with E-state index < -0.39 is 0 Å². The molecule has 2 aromatic rings. The Morgan fingerprint density at radius 1 is 0.765 bits per heavy atom. The van der Waals surface area contributed by atoms with E-state index >= 15 is 0 Å². The van der Waals surface area contributed by atoms with Gasteiger partial charge in [-0.2, -0.15) is 0 Å². The van der Waals surface area contributed by atoms with Gasteiger partial charge >= 0.3 is 0 Å². The van der Waals surface area contributed by atoms with E-state index in [4.69, 9.17) is 4.74 Å². The van der Waals surface area contributed by atoms with Crippen molar-refractivity contribution in [2.75, 3.05) is 0 Å². The Kier molecular flexibility index (Phi) is 2.91. The van der Waals surface area contributed by atoms with Gasteiger partial charge in [0.05, 0.1) is 0 Å². The first-order valence-corrected chi connectivity index (χ1v) is 5.34. The first-order valence-electron chi connectivity index (χ1n) is 5.34. The van der Waals surface area contributed by atoms with Crippen LogP contribution in [0.25, 0.3) is 0 Å². The number of phenolic OH excluding ortho intramolecular Hbond substituents is 2. The van der Waals surface area contributed by atoms with Crippen molar-refractivity contribution in [2.24, 2.45) is 0 Å². The average Bonchev–Trinajstić information content (AvgIpc) is 2.31. The summed E-state index contributed by atoms with van der Waals surface area (Å²) >= 11 is 0. The van der Waals surface area contributed by atoms with E-state index in [0.29, 0.717) is 22.6 Å². The van der Waals surface area contributed by atoms with Crippen LogP contribution >= 0.6 is 0 Å². The van der Waals surface area contributed by atoms with Gasteiger partial charge in [-0.3, -0.25) is 0 Å². The molecule has 0 bridgehead atoms. The molecule has 0 saturated carbocycles. The summed E-state index contributed by atoms with van der Waals surface area (Å²) in [5.41, 5.74) is 1.35. The molecule has 0 fully saturated rings. The minimum atomic E-state index is 0.195. The fourth-order valence-electron chi connectivity index (χ4n) is 1.55. The van der Waals surface area contributed by atoms with Crippen LogP contribution in [-0.4, -0.2) is 10.2 Å². The smallest absolute Gasteiger partial charge is 0.134 e. The molecular weight excluding hydrogens is 216 g/mol. The maximum Gasteiger partial charge on any atom is 0.134 e. The van der Waals surface area contributed by atoms with Crippen LogP contribution < -0.4 is 4.74 Å². The molecule has 0 saturated heterocycles. The first-order chi connectivity index (χ1) is 8.09. The number of rotatable bonds is 2. The zero-order valence-electron chi connectivity index (χ0n) is 9.77. The van der Waals surface area contributed by atoms with E-state index in [-0.39, 0.29) is 11.5 Å². The molecule has 17 heavy (non-hydrogen) atoms. The van der Waals surface area contributed by atoms with E-state index in [1.807, 2.05) is 0 Å². The summed E-state index contributed by atoms with van der Waals surface area (Å²) in [6, 6.07) is 10.2. The van der Waals surface area contributed by atoms with E-state index in [0.717, 1.165) is 0 Å². The number of aromatic hydroxyl groups is 2. The van der Waals surface area contributed by atoms with Gasteiger partial charge in [0.1, 0.15) is 23.0 Å². The molecule has 3 heteroatoms. The van der Waals surface area contributed by atoms with Crippen LogP contribution in [0.4, 0.5) is 0 Å². The Morgan fingerprint density at radius 3 is 1.59 bits per heavy atom. The van der Waals surface area contributed by atoms with Gasteiger partial charge in [0.2, 0.25) is 0 Å². The molecule has 0 atom stereocenters. The summed E-state index contributed by atoms with van der Waals surface area (Å²) in [7, 11) is 0. The maximum absolute atomic E-state index is 9.57. The summed E-state index contributed by atoms with van der Waals surface area (Å²) < 4.78 is 5.68. The third-order valence-electron chi connectivity index (χ3n) is 2.73. The molecule has 0 heterocycles. The highest BCUT2D eigenvalue weighted by molar-refractivity contribution is 5.48. The van der Waals surface area contributed by atoms with E-state index in [2.05, 4.69) is 0 Å². The molecule has 0 amide bonds. The molecule has 3 nitrogen and oxygen atoms in total. The molecule has 0 aliphatic rings. The van der Waals surface area contributed by atoms with Crippen molar-refractivity contribution in [2.45, 2.75) is 13.8 Å². The minimum Gasteiger partial charge on any atom is -0.508 e. The Labute approximate surface area is 99.9 Å². The lowest BCUT2D eigenvalue weighted by Gasteiger charge is -2.12. The van der Waals surface area contributed by atoms with Gasteiger partial charge in [-0.25, -0.2) is 0 Å². The Morgan fingerprint density at radius 2 is 1.18 bits per heavy atom. The number of phenols is 2. The lowest BCUT2D eigenvalue weighted by Crippen LogP contribution is -1.90. The normalized spacial score (nSPS) is 10.2. The second-order valence-electron chi connectivity index (χ2n) is 3.90. The van der Waals surface area contributed by atoms with Gasteiger partial charge in [0.15, 0.2) is 0 Å². The molecule has 88 valence electrons. The van der Waals surface area contributed by atoms with Crippen molar-refractivity contribution in [3.63, 3.8) is 0 Å². The van der Waals surface area contributed by atoms with Crippen LogP contribution in [-0.2, 0) is 0 Å². The second kappa shape index (κ2) is 4.37. The lowest BCUT2D eigenvalue weighted by molar-refractivity contribution is 0.436. The van der Waals surface area contributed by atoms with Gasteiger partial charge in [0.25, 0.3) is 0 Å². The third kappa shape index (κ3) is 2.18. The van der Waals surface area contributed by atoms with Crippen LogP contribution in [0.1, 0.15) is 11.1 Å². The van der Waals surface area contributed by atoms with E-state index in [1.54, 1.807) is 50.2 Å². The van der Waals surface area contributed by atoms with Crippen LogP contribution in [0.15, 0.2) is 36.4 Å². The van der Waals surface area contributed by atoms with Crippen molar-refractivity contribution >= 4 is 0 Å². The second-order valence-corrected chi connectivity index (χ2v) is 3.90. The molecule has 0 aromatic heterocycles. The van der Waals surface area contributed by atoms with Crippen molar-refractivity contribution in [3.8, 4) is 23.0 Å². The molecule has 0 unspecified atom stereocenters. The molecule has 2 N–H and O–H groups in total. The fraction of sp³-hybridized carbons (Fsp3) is 0.143. The number of benzene rings is 2. The standard InChI is InChI=1S/C14H14O3/c1-9-11(15)5-3-7-13(9)17-14-8-4-6-12(16)10(14)2/h3-8,15-16H,1-2H3. The lowest BCUT2D eigenvalue weighted by atomic mass is 10.2. The molecule has 0 radical (unpaired) electrons. The monoisotopic (exact) mass is 230 g/mol. The predicted octanol–water partition coefficient (Wildman–Crippen LogP) is 3.51. The quantitative estimate of drug-likeness (QED) is 0.830. The highest BCUT2D eigenvalue weighted by Gasteiger charge is 2.08. The highest BCUT2D eigenvalue weighted by Crippen LogP contribution is 2.34. The summed E-state index contributed by atoms with van der Waals surface area (Å²) in [5, 5.41) is 19.1. The van der Waals surface area contributed by atoms with Crippen LogP contribution in [0, 0.1) is 13.8 Å². The van der Waals surface area contributed by atoms with E-state index in [1.165, 1.54) is 0 Å². The van der Waals surface area contributed by atoms with Gasteiger partial charge < -0.3 is 14.9 Å². The third-order valence-corrected chi connectivity index (χ3v) is 2.73. The largest absolute Gasteiger partial charge is 0.508 e. The summed E-state index contributed by atoms with van der Waals surface area (Å²) in [5.74, 6) is 1.55. The SMILES string of the molecule is Cc1c(O)cccc1Oc1cccc(O)c1C. The Hall–Kier alpha value is -2.16. The first kappa shape index (κ1) is 11.3.